The molecule has 0 saturated carbocycles. The molecule has 1 aromatic rings. The van der Waals surface area contributed by atoms with E-state index < -0.39 is 0 Å². The van der Waals surface area contributed by atoms with Gasteiger partial charge in [0.1, 0.15) is 0 Å². The van der Waals surface area contributed by atoms with Crippen LogP contribution in [-0.4, -0.2) is 3.42 Å². The van der Waals surface area contributed by atoms with Crippen molar-refractivity contribution in [2.45, 2.75) is 104 Å². The number of benzene rings is 1. The van der Waals surface area contributed by atoms with E-state index in [-0.39, 0.29) is 0 Å². The first-order valence-electron chi connectivity index (χ1n) is 9.74. The predicted molar refractivity (Wildman–Crippen MR) is 119 cm³/mol. The monoisotopic (exact) mass is 442 g/mol. The van der Waals surface area contributed by atoms with Crippen molar-refractivity contribution in [3.05, 3.63) is 33.9 Å². The van der Waals surface area contributed by atoms with Gasteiger partial charge in [-0.2, -0.15) is 0 Å². The Morgan fingerprint density at radius 3 is 2.00 bits per heavy atom. The van der Waals surface area contributed by atoms with Gasteiger partial charge in [0, 0.05) is 3.42 Å². The average molecular weight is 442 g/mol. The number of alkyl halides is 1. The molecular formula is C23H39I. The molecule has 0 aliphatic heterocycles. The van der Waals surface area contributed by atoms with Crippen molar-refractivity contribution in [3.8, 4) is 0 Å². The largest absolute Gasteiger partial charge is 0.0795 e. The molecule has 0 bridgehead atoms. The zero-order valence-corrected chi connectivity index (χ0v) is 19.6. The van der Waals surface area contributed by atoms with E-state index in [4.69, 9.17) is 0 Å². The molecule has 0 fully saturated rings. The molecule has 0 amide bonds. The van der Waals surface area contributed by atoms with Gasteiger partial charge in [-0.05, 0) is 92.5 Å². The number of hydrogen-bond donors (Lipinski definition) is 0. The van der Waals surface area contributed by atoms with E-state index >= 15 is 0 Å². The second-order valence-electron chi connectivity index (χ2n) is 9.02. The smallest absolute Gasteiger partial charge is 0.0166 e. The number of halogens is 1. The van der Waals surface area contributed by atoms with E-state index in [0.717, 1.165) is 0 Å². The van der Waals surface area contributed by atoms with Gasteiger partial charge in [0.15, 0.2) is 0 Å². The van der Waals surface area contributed by atoms with Crippen LogP contribution in [0, 0.1) is 26.2 Å². The van der Waals surface area contributed by atoms with E-state index in [0.29, 0.717) is 8.84 Å². The van der Waals surface area contributed by atoms with Crippen LogP contribution in [0.5, 0.6) is 0 Å². The second-order valence-corrected chi connectivity index (χ2v) is 11.9. The minimum absolute atomic E-state index is 0.418. The van der Waals surface area contributed by atoms with Crippen molar-refractivity contribution in [1.29, 1.82) is 0 Å². The molecule has 1 heteroatoms. The third-order valence-electron chi connectivity index (χ3n) is 5.82. The summed E-state index contributed by atoms with van der Waals surface area (Å²) in [6.07, 6.45) is 8.96. The molecule has 0 spiro atoms. The molecule has 0 nitrogen and oxygen atoms in total. The first-order valence-corrected chi connectivity index (χ1v) is 10.8. The topological polar surface area (TPSA) is 0 Å². The molecule has 0 saturated heterocycles. The Kier molecular flexibility index (Phi) is 8.29. The predicted octanol–water partition coefficient (Wildman–Crippen LogP) is 7.91. The lowest BCUT2D eigenvalue weighted by Gasteiger charge is -2.23. The van der Waals surface area contributed by atoms with Crippen LogP contribution in [0.2, 0.25) is 0 Å². The molecule has 0 atom stereocenters. The Morgan fingerprint density at radius 1 is 0.875 bits per heavy atom. The number of rotatable bonds is 9. The molecule has 0 N–H and O–H groups in total. The van der Waals surface area contributed by atoms with Crippen LogP contribution in [0.15, 0.2) is 6.07 Å². The molecular weight excluding hydrogens is 403 g/mol. The highest BCUT2D eigenvalue weighted by atomic mass is 127. The Bertz CT molecular complexity index is 532. The zero-order valence-electron chi connectivity index (χ0n) is 17.4. The van der Waals surface area contributed by atoms with Crippen LogP contribution >= 0.6 is 22.6 Å². The van der Waals surface area contributed by atoms with Crippen molar-refractivity contribution in [2.24, 2.45) is 5.41 Å². The van der Waals surface area contributed by atoms with E-state index in [2.05, 4.69) is 84.0 Å². The third kappa shape index (κ3) is 7.06. The van der Waals surface area contributed by atoms with Gasteiger partial charge >= 0.3 is 0 Å². The fraction of sp³-hybridized carbons (Fsp3) is 0.739. The molecule has 138 valence electrons. The van der Waals surface area contributed by atoms with Gasteiger partial charge in [0.25, 0.3) is 0 Å². The van der Waals surface area contributed by atoms with Gasteiger partial charge in [-0.25, -0.2) is 0 Å². The van der Waals surface area contributed by atoms with Crippen molar-refractivity contribution < 1.29 is 0 Å². The summed E-state index contributed by atoms with van der Waals surface area (Å²) >= 11 is 2.57. The lowest BCUT2D eigenvalue weighted by Crippen LogP contribution is -2.11. The molecule has 24 heavy (non-hydrogen) atoms. The van der Waals surface area contributed by atoms with E-state index in [9.17, 15) is 0 Å². The van der Waals surface area contributed by atoms with E-state index in [1.54, 1.807) is 16.7 Å². The Balaban J connectivity index is 2.78. The lowest BCUT2D eigenvalue weighted by molar-refractivity contribution is 0.313. The summed E-state index contributed by atoms with van der Waals surface area (Å²) in [6, 6.07) is 2.48. The quantitative estimate of drug-likeness (QED) is 0.269. The molecule has 0 radical (unpaired) electrons. The molecule has 1 rings (SSSR count). The van der Waals surface area contributed by atoms with Crippen molar-refractivity contribution >= 4 is 22.6 Å². The first kappa shape index (κ1) is 22.0. The van der Waals surface area contributed by atoms with Crippen LogP contribution in [0.25, 0.3) is 0 Å². The second kappa shape index (κ2) is 9.05. The number of aryl methyl sites for hydroxylation is 2. The maximum absolute atomic E-state index is 2.57. The van der Waals surface area contributed by atoms with Gasteiger partial charge < -0.3 is 0 Å². The Labute approximate surface area is 165 Å². The van der Waals surface area contributed by atoms with Gasteiger partial charge in [-0.15, -0.1) is 0 Å². The number of hydrogen-bond acceptors (Lipinski definition) is 0. The molecule has 0 aromatic heterocycles. The molecule has 0 aliphatic carbocycles. The van der Waals surface area contributed by atoms with E-state index in [1.165, 1.54) is 56.1 Å². The van der Waals surface area contributed by atoms with Crippen molar-refractivity contribution in [1.82, 2.24) is 0 Å². The van der Waals surface area contributed by atoms with Gasteiger partial charge in [-0.3, -0.25) is 0 Å². The van der Waals surface area contributed by atoms with Crippen molar-refractivity contribution in [2.75, 3.05) is 0 Å². The van der Waals surface area contributed by atoms with Gasteiger partial charge in [-0.1, -0.05) is 69.7 Å². The minimum Gasteiger partial charge on any atom is -0.0795 e. The Morgan fingerprint density at radius 2 is 1.46 bits per heavy atom. The first-order chi connectivity index (χ1) is 11.0. The highest BCUT2D eigenvalue weighted by Gasteiger charge is 2.17. The molecule has 0 unspecified atom stereocenters. The molecule has 1 aromatic carbocycles. The fourth-order valence-corrected chi connectivity index (χ4v) is 3.87. The fourth-order valence-electron chi connectivity index (χ4n) is 3.48. The maximum atomic E-state index is 2.57. The maximum Gasteiger partial charge on any atom is 0.0166 e. The molecule has 0 heterocycles. The summed E-state index contributed by atoms with van der Waals surface area (Å²) in [5.74, 6) is 0. The van der Waals surface area contributed by atoms with Gasteiger partial charge in [0.2, 0.25) is 0 Å². The highest BCUT2D eigenvalue weighted by molar-refractivity contribution is 14.1. The van der Waals surface area contributed by atoms with Crippen LogP contribution in [-0.2, 0) is 12.8 Å². The molecule has 0 aliphatic rings. The summed E-state index contributed by atoms with van der Waals surface area (Å²) in [6.45, 7) is 18.8. The third-order valence-corrected chi connectivity index (χ3v) is 6.36. The zero-order chi connectivity index (χ0) is 18.5. The summed E-state index contributed by atoms with van der Waals surface area (Å²) < 4.78 is 0.418. The minimum atomic E-state index is 0.418. The summed E-state index contributed by atoms with van der Waals surface area (Å²) in [7, 11) is 0. The van der Waals surface area contributed by atoms with Crippen molar-refractivity contribution in [3.63, 3.8) is 0 Å². The SMILES string of the molecule is CCC(C)(C)CCCc1c(C)cc(CCCC(C)(C)I)c(C)c1C. The average Bonchev–Trinajstić information content (AvgIpc) is 2.46. The van der Waals surface area contributed by atoms with Crippen LogP contribution < -0.4 is 0 Å². The van der Waals surface area contributed by atoms with Crippen LogP contribution in [0.3, 0.4) is 0 Å². The van der Waals surface area contributed by atoms with Crippen LogP contribution in [0.1, 0.15) is 94.5 Å². The Hall–Kier alpha value is -0.0500. The van der Waals surface area contributed by atoms with E-state index in [1.807, 2.05) is 0 Å². The normalized spacial score (nSPS) is 12.7. The summed E-state index contributed by atoms with van der Waals surface area (Å²) in [5.41, 5.74) is 8.27. The summed E-state index contributed by atoms with van der Waals surface area (Å²) in [5, 5.41) is 0. The standard InChI is InChI=1S/C23H39I/c1-9-22(5,6)14-11-13-21-17(2)16-20(18(3)19(21)4)12-10-15-23(7,8)24/h16H,9-15H2,1-8H3. The van der Waals surface area contributed by atoms with Gasteiger partial charge in [0.05, 0.1) is 0 Å². The van der Waals surface area contributed by atoms with Crippen LogP contribution in [0.4, 0.5) is 0 Å². The summed E-state index contributed by atoms with van der Waals surface area (Å²) in [4.78, 5) is 0. The lowest BCUT2D eigenvalue weighted by atomic mass is 9.82. The highest BCUT2D eigenvalue weighted by Crippen LogP contribution is 2.30.